The average Bonchev–Trinajstić information content (AvgIpc) is 2.73. The molecular weight excluding hydrogens is 383 g/mol. The Hall–Kier alpha value is 0.325. The molecule has 1 rings (SSSR count). The van der Waals surface area contributed by atoms with Gasteiger partial charge in [0.05, 0.1) is 0 Å². The maximum atomic E-state index is 11.1. The predicted molar refractivity (Wildman–Crippen MR) is 56.5 cm³/mol. The van der Waals surface area contributed by atoms with Gasteiger partial charge < -0.3 is 5.11 Å². The summed E-state index contributed by atoms with van der Waals surface area (Å²) in [7, 11) is 2.69. The topological polar surface area (TPSA) is 49.8 Å². The molecule has 1 N–H and O–H groups in total. The van der Waals surface area contributed by atoms with E-state index in [9.17, 15) is 4.79 Å². The van der Waals surface area contributed by atoms with Crippen LogP contribution in [0.25, 0.3) is 0 Å². The van der Waals surface area contributed by atoms with Crippen LogP contribution in [0.3, 0.4) is 0 Å². The average molecular weight is 405 g/mol. The molecule has 1 aliphatic heterocycles. The molecule has 1 aliphatic rings. The van der Waals surface area contributed by atoms with Gasteiger partial charge in [-0.1, -0.05) is 13.8 Å². The van der Waals surface area contributed by atoms with Crippen molar-refractivity contribution in [3.05, 3.63) is 0 Å². The van der Waals surface area contributed by atoms with Crippen molar-refractivity contribution in [1.29, 1.82) is 0 Å². The minimum atomic E-state index is 0.246. The Balaban J connectivity index is 0. The Labute approximate surface area is 109 Å². The van der Waals surface area contributed by atoms with E-state index in [-0.39, 0.29) is 26.1 Å². The number of likely N-dealkylation sites (tertiary alicyclic amines) is 1. The van der Waals surface area contributed by atoms with Crippen LogP contribution < -0.4 is 0 Å². The number of nitrogens with zero attached hydrogens (tertiary/aromatic N) is 1. The second kappa shape index (κ2) is 12.4. The van der Waals surface area contributed by atoms with Crippen LogP contribution in [0.1, 0.15) is 26.7 Å². The van der Waals surface area contributed by atoms with E-state index in [1.54, 1.807) is 7.11 Å². The fraction of sp³-hybridized carbons (Fsp3) is 0.900. The third-order valence-electron chi connectivity index (χ3n) is 2.06. The minimum absolute atomic E-state index is 0.246. The molecule has 15 heavy (non-hydrogen) atoms. The van der Waals surface area contributed by atoms with E-state index < -0.39 is 0 Å². The number of aliphatic hydroxyl groups is 1. The molecule has 0 aliphatic carbocycles. The summed E-state index contributed by atoms with van der Waals surface area (Å²) in [6.07, 6.45) is 2.27. The molecule has 0 radical (unpaired) electrons. The van der Waals surface area contributed by atoms with Gasteiger partial charge in [0.1, 0.15) is 0 Å². The first-order valence-electron chi connectivity index (χ1n) is 5.32. The summed E-state index contributed by atoms with van der Waals surface area (Å²) >= 11 is 0.246. The monoisotopic (exact) mass is 406 g/mol. The Kier molecular flexibility index (Phi) is 14.6. The summed E-state index contributed by atoms with van der Waals surface area (Å²) in [6, 6.07) is 0.380. The van der Waals surface area contributed by atoms with Crippen molar-refractivity contribution < 1.29 is 40.8 Å². The summed E-state index contributed by atoms with van der Waals surface area (Å²) in [6.45, 7) is 5.67. The Morgan fingerprint density at radius 2 is 2.07 bits per heavy atom. The van der Waals surface area contributed by atoms with Crippen molar-refractivity contribution >= 4 is 3.42 Å². The van der Waals surface area contributed by atoms with E-state index in [1.807, 2.05) is 18.7 Å². The van der Waals surface area contributed by atoms with E-state index >= 15 is 0 Å². The van der Waals surface area contributed by atoms with Gasteiger partial charge in [0, 0.05) is 7.11 Å². The van der Waals surface area contributed by atoms with E-state index in [4.69, 9.17) is 9.84 Å². The molecule has 87 valence electrons. The van der Waals surface area contributed by atoms with Gasteiger partial charge in [-0.05, 0) is 0 Å². The van der Waals surface area contributed by atoms with Crippen molar-refractivity contribution in [3.8, 4) is 0 Å². The summed E-state index contributed by atoms with van der Waals surface area (Å²) in [5, 5.41) is 7.00. The van der Waals surface area contributed by atoms with Crippen LogP contribution in [0.15, 0.2) is 0 Å². The van der Waals surface area contributed by atoms with Gasteiger partial charge in [0.2, 0.25) is 0 Å². The summed E-state index contributed by atoms with van der Waals surface area (Å²) in [5.41, 5.74) is 0. The zero-order valence-electron chi connectivity index (χ0n) is 10.3. The number of methoxy groups -OCH3 is 1. The Bertz CT molecular complexity index is 156. The molecule has 1 heterocycles. The molecule has 1 amide bonds. The molecule has 0 aromatic heterocycles. The Morgan fingerprint density at radius 1 is 1.53 bits per heavy atom. The van der Waals surface area contributed by atoms with E-state index in [0.717, 1.165) is 26.5 Å². The molecule has 1 atom stereocenters. The van der Waals surface area contributed by atoms with Gasteiger partial charge in [-0.3, -0.25) is 0 Å². The molecule has 1 unspecified atom stereocenters. The second-order valence-electron chi connectivity index (χ2n) is 2.84. The van der Waals surface area contributed by atoms with Crippen molar-refractivity contribution in [2.75, 3.05) is 27.4 Å². The standard InChI is InChI=1S/C7H12NO2.C2H6.CH4O.Hg/c1-10-5-7-3-2-4-8(7)6-9;2*1-2;/h7H,2-5H2,1H3;1-2H3;2H,1H3;. The number of hydrogen-bond donors (Lipinski definition) is 1. The molecule has 4 nitrogen and oxygen atoms in total. The fourth-order valence-electron chi connectivity index (χ4n) is 1.53. The van der Waals surface area contributed by atoms with Gasteiger partial charge in [-0.25, -0.2) is 0 Å². The van der Waals surface area contributed by atoms with E-state index in [2.05, 4.69) is 0 Å². The molecule has 0 spiro atoms. The molecule has 0 saturated carbocycles. The first-order valence-corrected chi connectivity index (χ1v) is 8.07. The van der Waals surface area contributed by atoms with Crippen LogP contribution in [-0.4, -0.2) is 46.8 Å². The number of carbonyl (C=O) groups excluding carboxylic acids is 1. The number of ether oxygens (including phenoxy) is 1. The molecule has 0 aromatic carbocycles. The normalized spacial score (nSPS) is 18.6. The molecule has 5 heteroatoms. The van der Waals surface area contributed by atoms with Gasteiger partial charge in [0.25, 0.3) is 0 Å². The number of rotatable bonds is 2. The van der Waals surface area contributed by atoms with Crippen LogP contribution in [0.2, 0.25) is 0 Å². The van der Waals surface area contributed by atoms with Crippen LogP contribution in [0.4, 0.5) is 4.79 Å². The van der Waals surface area contributed by atoms with Crippen LogP contribution in [0, 0.1) is 0 Å². The first-order chi connectivity index (χ1) is 7.25. The zero-order chi connectivity index (χ0) is 12.3. The summed E-state index contributed by atoms with van der Waals surface area (Å²) in [4.78, 5) is 13.1. The van der Waals surface area contributed by atoms with Gasteiger partial charge in [-0.15, -0.1) is 0 Å². The predicted octanol–water partition coefficient (Wildman–Crippen LogP) is 1.40. The third kappa shape index (κ3) is 7.25. The number of hydrogen-bond acceptors (Lipinski definition) is 3. The first kappa shape index (κ1) is 17.7. The van der Waals surface area contributed by atoms with Crippen molar-refractivity contribution in [3.63, 3.8) is 0 Å². The van der Waals surface area contributed by atoms with E-state index in [0.29, 0.717) is 16.1 Å². The van der Waals surface area contributed by atoms with Crippen LogP contribution in [0.5, 0.6) is 0 Å². The van der Waals surface area contributed by atoms with E-state index in [1.165, 1.54) is 0 Å². The molecule has 0 aromatic rings. The summed E-state index contributed by atoms with van der Waals surface area (Å²) < 4.78 is 5.40. The van der Waals surface area contributed by atoms with Crippen molar-refractivity contribution in [1.82, 2.24) is 4.90 Å². The van der Waals surface area contributed by atoms with Crippen LogP contribution in [-0.2, 0) is 30.9 Å². The van der Waals surface area contributed by atoms with Crippen molar-refractivity contribution in [2.24, 2.45) is 0 Å². The van der Waals surface area contributed by atoms with Crippen molar-refractivity contribution in [2.45, 2.75) is 32.7 Å². The number of amides is 1. The quantitative estimate of drug-likeness (QED) is 0.708. The summed E-state index contributed by atoms with van der Waals surface area (Å²) in [5.74, 6) is 0. The fourth-order valence-corrected chi connectivity index (χ4v) is 3.15. The molecular formula is C10H22HgNO3. The zero-order valence-corrected chi connectivity index (χ0v) is 15.8. The SMILES string of the molecule is CC.CO.COCC1CCCN1[C](=O)[Hg]. The van der Waals surface area contributed by atoms with Crippen LogP contribution >= 0.6 is 0 Å². The number of aliphatic hydroxyl groups excluding tert-OH is 1. The number of carbonyl (C=O) groups is 1. The maximum absolute atomic E-state index is 11.1. The van der Waals surface area contributed by atoms with Gasteiger partial charge >= 0.3 is 83.1 Å². The van der Waals surface area contributed by atoms with Gasteiger partial charge in [0.15, 0.2) is 0 Å². The van der Waals surface area contributed by atoms with Gasteiger partial charge in [-0.2, -0.15) is 0 Å². The molecule has 1 saturated heterocycles. The molecule has 0 bridgehead atoms. The third-order valence-corrected chi connectivity index (χ3v) is 3.64. The second-order valence-corrected chi connectivity index (χ2v) is 5.19. The Morgan fingerprint density at radius 3 is 2.47 bits per heavy atom. The molecule has 1 fully saturated rings.